The Morgan fingerprint density at radius 2 is 1.64 bits per heavy atom. The van der Waals surface area contributed by atoms with Gasteiger partial charge < -0.3 is 18.3 Å². The maximum atomic E-state index is 6.83. The molecule has 2 heterocycles. The van der Waals surface area contributed by atoms with Crippen molar-refractivity contribution in [3.05, 3.63) is 24.5 Å². The average molecular weight is 471 g/mol. The van der Waals surface area contributed by atoms with Gasteiger partial charge in [0, 0.05) is 0 Å². The molecule has 7 heteroatoms. The highest BCUT2D eigenvalue weighted by molar-refractivity contribution is 6.74. The molecule has 33 heavy (non-hydrogen) atoms. The van der Waals surface area contributed by atoms with Crippen LogP contribution in [-0.2, 0) is 19.3 Å². The van der Waals surface area contributed by atoms with Crippen molar-refractivity contribution in [1.29, 1.82) is 0 Å². The third-order valence-corrected chi connectivity index (χ3v) is 13.4. The molecule has 1 saturated heterocycles. The molecule has 1 saturated carbocycles. The molecule has 0 atom stereocenters. The number of aromatic nitrogens is 2. The second-order valence-electron chi connectivity index (χ2n) is 12.8. The van der Waals surface area contributed by atoms with Crippen LogP contribution in [0, 0.1) is 0 Å². The molecule has 1 aromatic heterocycles. The van der Waals surface area contributed by atoms with Crippen LogP contribution < -0.4 is 5.46 Å². The van der Waals surface area contributed by atoms with Gasteiger partial charge in [-0.05, 0) is 76.3 Å². The van der Waals surface area contributed by atoms with Gasteiger partial charge in [-0.1, -0.05) is 46.1 Å². The van der Waals surface area contributed by atoms with Crippen LogP contribution in [0.4, 0.5) is 0 Å². The number of hydrogen-bond donors (Lipinski definition) is 0. The fraction of sp³-hybridized carbons (Fsp3) is 0.731. The molecule has 0 unspecified atom stereocenters. The summed E-state index contributed by atoms with van der Waals surface area (Å²) < 4.78 is 21.9. The van der Waals surface area contributed by atoms with Gasteiger partial charge in [-0.2, -0.15) is 0 Å². The number of hydrogen-bond acceptors (Lipinski definition) is 4. The van der Waals surface area contributed by atoms with Crippen LogP contribution in [0.2, 0.25) is 18.1 Å². The zero-order chi connectivity index (χ0) is 24.3. The van der Waals surface area contributed by atoms with Crippen LogP contribution in [-0.4, -0.2) is 42.8 Å². The van der Waals surface area contributed by atoms with E-state index in [9.17, 15) is 0 Å². The SMILES string of the molecule is CC1(C)OB(c2ccc3ncn(C4(CO[Si](C)(C)C(C)(C)C)CCCCC4)c3c2)OC1(C)C. The molecular weight excluding hydrogens is 427 g/mol. The molecule has 0 amide bonds. The lowest BCUT2D eigenvalue weighted by Crippen LogP contribution is -2.48. The lowest BCUT2D eigenvalue weighted by molar-refractivity contribution is 0.00578. The third-order valence-electron chi connectivity index (χ3n) is 8.90. The van der Waals surface area contributed by atoms with E-state index >= 15 is 0 Å². The summed E-state index contributed by atoms with van der Waals surface area (Å²) in [6.45, 7) is 20.8. The van der Waals surface area contributed by atoms with E-state index in [4.69, 9.17) is 18.7 Å². The second-order valence-corrected chi connectivity index (χ2v) is 17.6. The molecule has 5 nitrogen and oxygen atoms in total. The quantitative estimate of drug-likeness (QED) is 0.502. The predicted octanol–water partition coefficient (Wildman–Crippen LogP) is 6.02. The molecule has 0 N–H and O–H groups in total. The molecule has 182 valence electrons. The monoisotopic (exact) mass is 470 g/mol. The summed E-state index contributed by atoms with van der Waals surface area (Å²) in [4.78, 5) is 4.79. The molecule has 0 bridgehead atoms. The molecule has 1 aliphatic carbocycles. The van der Waals surface area contributed by atoms with E-state index in [1.807, 2.05) is 6.33 Å². The van der Waals surface area contributed by atoms with Gasteiger partial charge in [-0.25, -0.2) is 4.98 Å². The van der Waals surface area contributed by atoms with Gasteiger partial charge >= 0.3 is 7.12 Å². The smallest absolute Gasteiger partial charge is 0.414 e. The topological polar surface area (TPSA) is 45.5 Å². The first-order valence-corrected chi connectivity index (χ1v) is 15.6. The van der Waals surface area contributed by atoms with Crippen molar-refractivity contribution in [2.24, 2.45) is 0 Å². The minimum absolute atomic E-state index is 0.0446. The maximum Gasteiger partial charge on any atom is 0.494 e. The normalized spacial score (nSPS) is 22.8. The molecule has 0 spiro atoms. The van der Waals surface area contributed by atoms with E-state index in [0.717, 1.165) is 35.9 Å². The molecular formula is C26H43BN2O3Si. The zero-order valence-corrected chi connectivity index (χ0v) is 23.2. The number of benzene rings is 1. The van der Waals surface area contributed by atoms with Gasteiger partial charge in [-0.15, -0.1) is 0 Å². The summed E-state index contributed by atoms with van der Waals surface area (Å²) in [5.41, 5.74) is 2.48. The van der Waals surface area contributed by atoms with Crippen molar-refractivity contribution in [1.82, 2.24) is 9.55 Å². The largest absolute Gasteiger partial charge is 0.494 e. The standard InChI is InChI=1S/C26H43BN2O3Si/c1-23(2,3)33(8,9)30-18-26(15-11-10-12-16-26)29-19-28-21-14-13-20(17-22(21)29)27-31-24(4,5)25(6,7)32-27/h13-14,17,19H,10-12,15-16,18H2,1-9H3. The maximum absolute atomic E-state index is 6.83. The van der Waals surface area contributed by atoms with Gasteiger partial charge in [0.25, 0.3) is 0 Å². The number of nitrogens with zero attached hydrogens (tertiary/aromatic N) is 2. The molecule has 2 aromatic rings. The zero-order valence-electron chi connectivity index (χ0n) is 22.2. The second kappa shape index (κ2) is 8.21. The Labute approximate surface area is 201 Å². The number of rotatable bonds is 5. The van der Waals surface area contributed by atoms with E-state index in [2.05, 4.69) is 84.3 Å². The minimum atomic E-state index is -1.85. The molecule has 4 rings (SSSR count). The summed E-state index contributed by atoms with van der Waals surface area (Å²) in [7, 11) is -2.22. The van der Waals surface area contributed by atoms with E-state index in [-0.39, 0.29) is 28.9 Å². The van der Waals surface area contributed by atoms with Gasteiger partial charge in [-0.3, -0.25) is 0 Å². The third kappa shape index (κ3) is 4.46. The summed E-state index contributed by atoms with van der Waals surface area (Å²) >= 11 is 0. The molecule has 1 aromatic carbocycles. The van der Waals surface area contributed by atoms with Crippen LogP contribution in [0.5, 0.6) is 0 Å². The highest BCUT2D eigenvalue weighted by Gasteiger charge is 2.52. The fourth-order valence-corrected chi connectivity index (χ4v) is 5.79. The van der Waals surface area contributed by atoms with Crippen LogP contribution in [0.25, 0.3) is 11.0 Å². The minimum Gasteiger partial charge on any atom is -0.414 e. The summed E-state index contributed by atoms with van der Waals surface area (Å²) in [5, 5.41) is 0.198. The first kappa shape index (κ1) is 25.0. The number of imidazole rings is 1. The van der Waals surface area contributed by atoms with Crippen molar-refractivity contribution in [3.63, 3.8) is 0 Å². The van der Waals surface area contributed by atoms with Crippen molar-refractivity contribution in [3.8, 4) is 0 Å². The van der Waals surface area contributed by atoms with Crippen molar-refractivity contribution < 1.29 is 13.7 Å². The molecule has 2 aliphatic rings. The molecule has 1 aliphatic heterocycles. The first-order chi connectivity index (χ1) is 15.2. The van der Waals surface area contributed by atoms with Crippen molar-refractivity contribution in [2.45, 2.75) is 115 Å². The Morgan fingerprint density at radius 3 is 2.21 bits per heavy atom. The van der Waals surface area contributed by atoms with Gasteiger partial charge in [0.15, 0.2) is 8.32 Å². The van der Waals surface area contributed by atoms with Gasteiger partial charge in [0.05, 0.1) is 40.7 Å². The highest BCUT2D eigenvalue weighted by atomic mass is 28.4. The number of fused-ring (bicyclic) bond motifs is 1. The Kier molecular flexibility index (Phi) is 6.21. The van der Waals surface area contributed by atoms with E-state index in [0.29, 0.717) is 0 Å². The van der Waals surface area contributed by atoms with Crippen LogP contribution in [0.3, 0.4) is 0 Å². The summed E-state index contributed by atoms with van der Waals surface area (Å²) in [5.74, 6) is 0. The molecule has 2 fully saturated rings. The summed E-state index contributed by atoms with van der Waals surface area (Å²) in [6.07, 6.45) is 8.07. The van der Waals surface area contributed by atoms with E-state index in [1.165, 1.54) is 19.3 Å². The van der Waals surface area contributed by atoms with E-state index < -0.39 is 8.32 Å². The first-order valence-electron chi connectivity index (χ1n) is 12.6. The van der Waals surface area contributed by atoms with Gasteiger partial charge in [0.2, 0.25) is 0 Å². The lowest BCUT2D eigenvalue weighted by Gasteiger charge is -2.44. The van der Waals surface area contributed by atoms with Crippen LogP contribution in [0.1, 0.15) is 80.6 Å². The molecule has 0 radical (unpaired) electrons. The Morgan fingerprint density at radius 1 is 1.03 bits per heavy atom. The van der Waals surface area contributed by atoms with E-state index in [1.54, 1.807) is 0 Å². The highest BCUT2D eigenvalue weighted by Crippen LogP contribution is 2.42. The Hall–Kier alpha value is -1.15. The Balaban J connectivity index is 1.70. The lowest BCUT2D eigenvalue weighted by atomic mass is 9.78. The average Bonchev–Trinajstić information content (AvgIpc) is 3.24. The van der Waals surface area contributed by atoms with Gasteiger partial charge in [0.1, 0.15) is 0 Å². The van der Waals surface area contributed by atoms with Crippen molar-refractivity contribution >= 4 is 31.9 Å². The van der Waals surface area contributed by atoms with Crippen LogP contribution in [0.15, 0.2) is 24.5 Å². The fourth-order valence-electron chi connectivity index (χ4n) is 4.72. The Bertz CT molecular complexity index is 987. The van der Waals surface area contributed by atoms with Crippen LogP contribution >= 0.6 is 0 Å². The predicted molar refractivity (Wildman–Crippen MR) is 140 cm³/mol. The summed E-state index contributed by atoms with van der Waals surface area (Å²) in [6, 6.07) is 6.44. The van der Waals surface area contributed by atoms with Crippen molar-refractivity contribution in [2.75, 3.05) is 6.61 Å².